The Morgan fingerprint density at radius 1 is 1.05 bits per heavy atom. The van der Waals surface area contributed by atoms with Crippen molar-refractivity contribution in [2.24, 2.45) is 0 Å². The maximum Gasteiger partial charge on any atom is 0.119 e. The lowest BCUT2D eigenvalue weighted by Gasteiger charge is -2.13. The van der Waals surface area contributed by atoms with Gasteiger partial charge in [-0.25, -0.2) is 0 Å². The van der Waals surface area contributed by atoms with E-state index in [1.165, 1.54) is 0 Å². The first-order valence-corrected chi connectivity index (χ1v) is 7.26. The molecule has 0 aliphatic heterocycles. The molecule has 2 aromatic carbocycles. The van der Waals surface area contributed by atoms with Gasteiger partial charge in [-0.05, 0) is 41.8 Å². The Balaban J connectivity index is 2.03. The van der Waals surface area contributed by atoms with Crippen LogP contribution in [0.1, 0.15) is 30.6 Å². The van der Waals surface area contributed by atoms with Crippen LogP contribution >= 0.6 is 0 Å². The van der Waals surface area contributed by atoms with Crippen molar-refractivity contribution in [3.8, 4) is 11.5 Å². The fraction of sp³-hybridized carbons (Fsp3) is 0.333. The minimum Gasteiger partial charge on any atom is -0.497 e. The smallest absolute Gasteiger partial charge is 0.119 e. The molecule has 0 bridgehead atoms. The van der Waals surface area contributed by atoms with Crippen molar-refractivity contribution in [1.82, 2.24) is 0 Å². The Morgan fingerprint density at radius 2 is 1.81 bits per heavy atom. The summed E-state index contributed by atoms with van der Waals surface area (Å²) >= 11 is 0. The molecule has 2 rings (SSSR count). The van der Waals surface area contributed by atoms with Crippen LogP contribution in [0, 0.1) is 0 Å². The van der Waals surface area contributed by atoms with E-state index in [1.54, 1.807) is 7.11 Å². The van der Waals surface area contributed by atoms with Gasteiger partial charge in [0, 0.05) is 6.42 Å². The summed E-state index contributed by atoms with van der Waals surface area (Å²) in [6.07, 6.45) is 1.00. The van der Waals surface area contributed by atoms with Gasteiger partial charge in [0.25, 0.3) is 0 Å². The molecule has 112 valence electrons. The summed E-state index contributed by atoms with van der Waals surface area (Å²) in [5, 5.41) is 10.4. The maximum atomic E-state index is 10.4. The van der Waals surface area contributed by atoms with Crippen LogP contribution < -0.4 is 9.47 Å². The average molecular weight is 286 g/mol. The molecule has 3 heteroatoms. The third-order valence-corrected chi connectivity index (χ3v) is 3.30. The number of methoxy groups -OCH3 is 1. The number of hydrogen-bond donors (Lipinski definition) is 1. The normalized spacial score (nSPS) is 12.0. The van der Waals surface area contributed by atoms with Gasteiger partial charge in [-0.2, -0.15) is 0 Å². The zero-order valence-corrected chi connectivity index (χ0v) is 12.6. The first-order chi connectivity index (χ1) is 10.2. The number of aliphatic hydroxyl groups excluding tert-OH is 1. The second-order valence-electron chi connectivity index (χ2n) is 4.99. The monoisotopic (exact) mass is 286 g/mol. The van der Waals surface area contributed by atoms with Crippen LogP contribution in [0.3, 0.4) is 0 Å². The first-order valence-electron chi connectivity index (χ1n) is 7.26. The summed E-state index contributed by atoms with van der Waals surface area (Å²) in [5.74, 6) is 1.63. The Labute approximate surface area is 126 Å². The van der Waals surface area contributed by atoms with E-state index in [0.717, 1.165) is 29.0 Å². The molecule has 1 atom stereocenters. The van der Waals surface area contributed by atoms with Crippen LogP contribution in [0.25, 0.3) is 0 Å². The molecule has 0 saturated heterocycles. The van der Waals surface area contributed by atoms with E-state index >= 15 is 0 Å². The molecule has 0 aliphatic rings. The van der Waals surface area contributed by atoms with E-state index in [9.17, 15) is 5.11 Å². The van der Waals surface area contributed by atoms with Gasteiger partial charge in [0.15, 0.2) is 0 Å². The van der Waals surface area contributed by atoms with Crippen LogP contribution in [0.4, 0.5) is 0 Å². The largest absolute Gasteiger partial charge is 0.497 e. The molecule has 21 heavy (non-hydrogen) atoms. The predicted molar refractivity (Wildman–Crippen MR) is 83.9 cm³/mol. The third kappa shape index (κ3) is 4.50. The van der Waals surface area contributed by atoms with Gasteiger partial charge < -0.3 is 14.6 Å². The van der Waals surface area contributed by atoms with E-state index in [1.807, 2.05) is 48.5 Å². The zero-order chi connectivity index (χ0) is 15.1. The molecule has 0 aliphatic carbocycles. The van der Waals surface area contributed by atoms with Crippen LogP contribution in [-0.2, 0) is 6.42 Å². The van der Waals surface area contributed by atoms with Crippen LogP contribution in [-0.4, -0.2) is 18.8 Å². The molecule has 2 aromatic rings. The second-order valence-corrected chi connectivity index (χ2v) is 4.99. The molecule has 0 saturated carbocycles. The Bertz CT molecular complexity index is 549. The molecule has 0 aromatic heterocycles. The number of ether oxygens (including phenoxy) is 2. The topological polar surface area (TPSA) is 38.7 Å². The van der Waals surface area contributed by atoms with Crippen molar-refractivity contribution in [3.05, 3.63) is 59.7 Å². The molecule has 1 N–H and O–H groups in total. The molecule has 0 fully saturated rings. The SMILES string of the molecule is CCCOc1cccc(C(O)Cc2ccc(OC)cc2)c1. The highest BCUT2D eigenvalue weighted by atomic mass is 16.5. The number of rotatable bonds is 7. The minimum absolute atomic E-state index is 0.538. The van der Waals surface area contributed by atoms with Crippen molar-refractivity contribution >= 4 is 0 Å². The van der Waals surface area contributed by atoms with Gasteiger partial charge >= 0.3 is 0 Å². The van der Waals surface area contributed by atoms with Crippen molar-refractivity contribution in [2.75, 3.05) is 13.7 Å². The van der Waals surface area contributed by atoms with E-state index in [2.05, 4.69) is 6.92 Å². The molecule has 0 radical (unpaired) electrons. The van der Waals surface area contributed by atoms with Gasteiger partial charge in [-0.3, -0.25) is 0 Å². The predicted octanol–water partition coefficient (Wildman–Crippen LogP) is 3.76. The molecule has 0 amide bonds. The molecule has 1 unspecified atom stereocenters. The third-order valence-electron chi connectivity index (χ3n) is 3.30. The summed E-state index contributed by atoms with van der Waals surface area (Å²) in [4.78, 5) is 0. The second kappa shape index (κ2) is 7.70. The fourth-order valence-corrected chi connectivity index (χ4v) is 2.13. The lowest BCUT2D eigenvalue weighted by atomic mass is 10.0. The summed E-state index contributed by atoms with van der Waals surface area (Å²) < 4.78 is 10.7. The van der Waals surface area contributed by atoms with Gasteiger partial charge in [-0.1, -0.05) is 31.2 Å². The molecule has 0 spiro atoms. The van der Waals surface area contributed by atoms with Crippen LogP contribution in [0.2, 0.25) is 0 Å². The van der Waals surface area contributed by atoms with Crippen molar-refractivity contribution in [2.45, 2.75) is 25.9 Å². The highest BCUT2D eigenvalue weighted by Gasteiger charge is 2.09. The summed E-state index contributed by atoms with van der Waals surface area (Å²) in [7, 11) is 1.64. The van der Waals surface area contributed by atoms with Crippen LogP contribution in [0.5, 0.6) is 11.5 Å². The van der Waals surface area contributed by atoms with Gasteiger partial charge in [0.1, 0.15) is 11.5 Å². The summed E-state index contributed by atoms with van der Waals surface area (Å²) in [5.41, 5.74) is 1.95. The van der Waals surface area contributed by atoms with Gasteiger partial charge in [0.2, 0.25) is 0 Å². The molecule has 0 heterocycles. The van der Waals surface area contributed by atoms with E-state index in [0.29, 0.717) is 13.0 Å². The lowest BCUT2D eigenvalue weighted by molar-refractivity contribution is 0.178. The lowest BCUT2D eigenvalue weighted by Crippen LogP contribution is -2.03. The molecular weight excluding hydrogens is 264 g/mol. The van der Waals surface area contributed by atoms with Crippen LogP contribution in [0.15, 0.2) is 48.5 Å². The van der Waals surface area contributed by atoms with Crippen molar-refractivity contribution in [1.29, 1.82) is 0 Å². The zero-order valence-electron chi connectivity index (χ0n) is 12.6. The standard InChI is InChI=1S/C18H22O3/c1-3-11-21-17-6-4-5-15(13-17)18(19)12-14-7-9-16(20-2)10-8-14/h4-10,13,18-19H,3,11-12H2,1-2H3. The molecule has 3 nitrogen and oxygen atoms in total. The Morgan fingerprint density at radius 3 is 2.48 bits per heavy atom. The number of hydrogen-bond acceptors (Lipinski definition) is 3. The minimum atomic E-state index is -0.538. The van der Waals surface area contributed by atoms with Crippen molar-refractivity contribution in [3.63, 3.8) is 0 Å². The van der Waals surface area contributed by atoms with E-state index in [4.69, 9.17) is 9.47 Å². The van der Waals surface area contributed by atoms with E-state index < -0.39 is 6.10 Å². The Kier molecular flexibility index (Phi) is 5.64. The highest BCUT2D eigenvalue weighted by molar-refractivity contribution is 5.32. The average Bonchev–Trinajstić information content (AvgIpc) is 2.54. The maximum absolute atomic E-state index is 10.4. The van der Waals surface area contributed by atoms with Gasteiger partial charge in [-0.15, -0.1) is 0 Å². The quantitative estimate of drug-likeness (QED) is 0.842. The number of benzene rings is 2. The summed E-state index contributed by atoms with van der Waals surface area (Å²) in [6, 6.07) is 15.4. The Hall–Kier alpha value is -2.00. The van der Waals surface area contributed by atoms with Crippen molar-refractivity contribution < 1.29 is 14.6 Å². The molecular formula is C18H22O3. The van der Waals surface area contributed by atoms with E-state index in [-0.39, 0.29) is 0 Å². The summed E-state index contributed by atoms with van der Waals surface area (Å²) in [6.45, 7) is 2.76. The highest BCUT2D eigenvalue weighted by Crippen LogP contribution is 2.23. The first kappa shape index (κ1) is 15.4. The number of aliphatic hydroxyl groups is 1. The fourth-order valence-electron chi connectivity index (χ4n) is 2.13. The van der Waals surface area contributed by atoms with Gasteiger partial charge in [0.05, 0.1) is 19.8 Å².